The first kappa shape index (κ1) is 94.7. The van der Waals surface area contributed by atoms with Crippen LogP contribution in [0.4, 0.5) is 0 Å². The van der Waals surface area contributed by atoms with Crippen LogP contribution in [0.1, 0.15) is 269 Å². The number of ketones is 2. The molecule has 6 fully saturated rings. The van der Waals surface area contributed by atoms with Crippen molar-refractivity contribution in [1.82, 2.24) is 14.7 Å². The number of benzene rings is 3. The lowest BCUT2D eigenvalue weighted by Gasteiger charge is -2.44. The Hall–Kier alpha value is -6.42. The number of carbonyl (C=O) groups is 8. The fourth-order valence-electron chi connectivity index (χ4n) is 17.9. The van der Waals surface area contributed by atoms with Crippen molar-refractivity contribution in [3.63, 3.8) is 0 Å². The molecule has 114 heavy (non-hydrogen) atoms. The van der Waals surface area contributed by atoms with Gasteiger partial charge >= 0.3 is 17.9 Å². The zero-order chi connectivity index (χ0) is 84.1. The molecule has 0 aliphatic carbocycles. The second-order valence-electron chi connectivity index (χ2n) is 36.3. The van der Waals surface area contributed by atoms with Crippen molar-refractivity contribution in [3.8, 4) is 0 Å². The van der Waals surface area contributed by atoms with Gasteiger partial charge in [-0.25, -0.2) is 14.4 Å². The van der Waals surface area contributed by atoms with Gasteiger partial charge in [0.2, 0.25) is 17.5 Å². The van der Waals surface area contributed by atoms with Crippen LogP contribution in [0.2, 0.25) is 0 Å². The Morgan fingerprint density at radius 1 is 0.412 bits per heavy atom. The first-order valence-corrected chi connectivity index (χ1v) is 43.9. The monoisotopic (exact) mass is 1590 g/mol. The van der Waals surface area contributed by atoms with Crippen molar-refractivity contribution in [3.05, 3.63) is 107 Å². The van der Waals surface area contributed by atoms with Crippen LogP contribution < -0.4 is 0 Å². The van der Waals surface area contributed by atoms with Crippen molar-refractivity contribution in [1.29, 1.82) is 0 Å². The number of aryl methyl sites for hydroxylation is 1. The van der Waals surface area contributed by atoms with E-state index in [2.05, 4.69) is 97.9 Å². The zero-order valence-electron chi connectivity index (χ0n) is 72.8. The number of hydrogen-bond acceptors (Lipinski definition) is 17. The summed E-state index contributed by atoms with van der Waals surface area (Å²) in [4.78, 5) is 113. The molecule has 3 amide bonds. The van der Waals surface area contributed by atoms with Gasteiger partial charge in [-0.15, -0.1) is 0 Å². The SMILES string of the molecule is CCC(Cc1cccc(C)c1)C(OC(=O)C1CCCCN1C(=O)C(=O)C1(O)OC(C(C)C)CCC1C)C(C)C.CCC(Cc1ccccc1)C(OC(=O)C1CCCCN1C(=O)C(=O)C1(O)OC(C(C)C)CCC1C)C(C)C.CCC(Cc1ccccc1)C(OC(=O)C1CCCCN1C(=O)CC1(O)OC(C(C)C)CCC1C)C(C)C. The van der Waals surface area contributed by atoms with Crippen LogP contribution in [0.5, 0.6) is 0 Å². The second kappa shape index (κ2) is 43.9. The average Bonchev–Trinajstić information content (AvgIpc) is 0.774. The fourth-order valence-corrected chi connectivity index (χ4v) is 17.9. The van der Waals surface area contributed by atoms with Crippen LogP contribution in [0, 0.1) is 77.9 Å². The van der Waals surface area contributed by atoms with Gasteiger partial charge in [0.05, 0.1) is 24.7 Å². The highest BCUT2D eigenvalue weighted by Gasteiger charge is 2.56. The van der Waals surface area contributed by atoms with E-state index in [-0.39, 0.29) is 127 Å². The maximum Gasteiger partial charge on any atom is 0.329 e. The highest BCUT2D eigenvalue weighted by atomic mass is 16.7. The molecule has 0 spiro atoms. The van der Waals surface area contributed by atoms with Crippen molar-refractivity contribution in [2.75, 3.05) is 19.6 Å². The number of piperidine rings is 3. The molecular weight excluding hydrogens is 1440 g/mol. The normalized spacial score (nSPS) is 27.8. The number of likely N-dealkylation sites (tertiary alicyclic amines) is 3. The molecule has 0 saturated carbocycles. The predicted molar refractivity (Wildman–Crippen MR) is 443 cm³/mol. The van der Waals surface area contributed by atoms with Gasteiger partial charge < -0.3 is 58.4 Å². The van der Waals surface area contributed by atoms with E-state index in [0.717, 1.165) is 89.9 Å². The molecule has 6 aliphatic rings. The first-order valence-electron chi connectivity index (χ1n) is 43.9. The molecule has 0 bridgehead atoms. The number of esters is 3. The van der Waals surface area contributed by atoms with Crippen LogP contribution in [-0.2, 0) is 86.0 Å². The molecule has 638 valence electrons. The van der Waals surface area contributed by atoms with Gasteiger partial charge in [-0.3, -0.25) is 24.0 Å². The van der Waals surface area contributed by atoms with Crippen LogP contribution in [0.25, 0.3) is 0 Å². The quantitative estimate of drug-likeness (QED) is 0.0318. The van der Waals surface area contributed by atoms with Crippen LogP contribution >= 0.6 is 0 Å². The molecule has 18 atom stereocenters. The third-order valence-electron chi connectivity index (χ3n) is 25.6. The van der Waals surface area contributed by atoms with Crippen molar-refractivity contribution in [2.24, 2.45) is 71.0 Å². The molecule has 6 saturated heterocycles. The lowest BCUT2D eigenvalue weighted by atomic mass is 9.84. The van der Waals surface area contributed by atoms with Gasteiger partial charge in [-0.1, -0.05) is 215 Å². The molecule has 9 rings (SSSR count). The molecule has 3 N–H and O–H groups in total. The van der Waals surface area contributed by atoms with E-state index in [4.69, 9.17) is 28.4 Å². The largest absolute Gasteiger partial charge is 0.460 e. The fraction of sp³-hybridized carbons (Fsp3) is 0.723. The molecular formula is C94H145N3O17. The summed E-state index contributed by atoms with van der Waals surface area (Å²) in [6.07, 6.45) is 13.7. The number of Topliss-reactive ketones (excluding diaryl/α,β-unsaturated/α-hetero) is 2. The molecule has 0 radical (unpaired) electrons. The summed E-state index contributed by atoms with van der Waals surface area (Å²) in [5, 5.41) is 33.9. The van der Waals surface area contributed by atoms with Crippen LogP contribution in [0.3, 0.4) is 0 Å². The van der Waals surface area contributed by atoms with E-state index < -0.39 is 82.6 Å². The van der Waals surface area contributed by atoms with Gasteiger partial charge in [0.1, 0.15) is 36.4 Å². The van der Waals surface area contributed by atoms with E-state index in [1.807, 2.05) is 105 Å². The Bertz CT molecular complexity index is 3550. The standard InChI is InChI=1S/C32H49NO6.C31H47NO6.C31H49NO5/c1-8-25(19-24-13-11-12-22(6)18-24)28(21(4)5)38-31(36)26-14-9-10-17-33(26)30(35)29(34)32(37)23(7)15-16-27(39-32)20(2)3;1-7-24(19-23-13-9-8-10-14-23)27(21(4)5)37-30(35)25-15-11-12-18-32(25)29(34)28(33)31(36)22(6)16-17-26(38-31)20(2)3;1-7-25(19-24-13-9-8-10-14-24)29(22(4)5)36-30(34)26-15-11-12-18-32(26)28(33)20-31(35)23(6)16-17-27(37-31)21(2)3/h11-13,18,20-21,23,25-28,37H,8-10,14-17,19H2,1-7H3;8-10,13-14,20-22,24-27,36H,7,11-12,15-19H2,1-6H3;8-10,13-14,21-23,25-27,29,35H,7,11-12,15-20H2,1-6H3. The lowest BCUT2D eigenvalue weighted by molar-refractivity contribution is -0.287. The maximum atomic E-state index is 13.6. The molecule has 3 aromatic rings. The third-order valence-corrected chi connectivity index (χ3v) is 25.6. The Kier molecular flexibility index (Phi) is 36.4. The zero-order valence-corrected chi connectivity index (χ0v) is 72.8. The molecule has 20 heteroatoms. The minimum atomic E-state index is -2.18. The molecule has 6 heterocycles. The summed E-state index contributed by atoms with van der Waals surface area (Å²) in [7, 11) is 0. The number of hydrogen-bond donors (Lipinski definition) is 3. The number of ether oxygens (including phenoxy) is 6. The Balaban J connectivity index is 0.000000237. The predicted octanol–water partition coefficient (Wildman–Crippen LogP) is 15.9. The summed E-state index contributed by atoms with van der Waals surface area (Å²) in [5.74, 6) is -10.9. The summed E-state index contributed by atoms with van der Waals surface area (Å²) in [6, 6.07) is 26.6. The number of rotatable bonds is 30. The molecule has 0 aromatic heterocycles. The number of amides is 3. The highest BCUT2D eigenvalue weighted by molar-refractivity contribution is 6.39. The van der Waals surface area contributed by atoms with Gasteiger partial charge in [0.15, 0.2) is 5.79 Å². The molecule has 18 unspecified atom stereocenters. The third kappa shape index (κ3) is 24.8. The van der Waals surface area contributed by atoms with E-state index in [0.29, 0.717) is 51.5 Å². The lowest BCUT2D eigenvalue weighted by Crippen LogP contribution is -2.61. The molecule has 20 nitrogen and oxygen atoms in total. The van der Waals surface area contributed by atoms with Crippen molar-refractivity contribution >= 4 is 47.2 Å². The van der Waals surface area contributed by atoms with Gasteiger partial charge in [0.25, 0.3) is 23.4 Å². The minimum Gasteiger partial charge on any atom is -0.460 e. The Morgan fingerprint density at radius 2 is 0.737 bits per heavy atom. The first-order chi connectivity index (χ1) is 53.9. The smallest absolute Gasteiger partial charge is 0.329 e. The topological polar surface area (TPSA) is 262 Å². The highest BCUT2D eigenvalue weighted by Crippen LogP contribution is 2.42. The number of aliphatic hydroxyl groups is 3. The summed E-state index contributed by atoms with van der Waals surface area (Å²) in [6.45, 7) is 39.3. The number of carbonyl (C=O) groups excluding carboxylic acids is 8. The Labute approximate surface area is 683 Å². The van der Waals surface area contributed by atoms with E-state index in [1.165, 1.54) is 32.1 Å². The average molecular weight is 1590 g/mol. The Morgan fingerprint density at radius 3 is 1.08 bits per heavy atom. The number of nitrogens with zero attached hydrogens (tertiary/aromatic N) is 3. The van der Waals surface area contributed by atoms with E-state index in [1.54, 1.807) is 18.7 Å². The van der Waals surface area contributed by atoms with E-state index >= 15 is 0 Å². The molecule has 3 aromatic carbocycles. The second-order valence-corrected chi connectivity index (χ2v) is 36.3. The molecule has 6 aliphatic heterocycles. The van der Waals surface area contributed by atoms with Gasteiger partial charge in [-0.05, 0) is 212 Å². The van der Waals surface area contributed by atoms with Crippen LogP contribution in [-0.4, -0.2) is 169 Å². The van der Waals surface area contributed by atoms with Crippen molar-refractivity contribution < 1.29 is 82.1 Å². The van der Waals surface area contributed by atoms with Gasteiger partial charge in [-0.2, -0.15) is 0 Å². The summed E-state index contributed by atoms with van der Waals surface area (Å²) >= 11 is 0. The van der Waals surface area contributed by atoms with Crippen LogP contribution in [0.15, 0.2) is 84.9 Å². The van der Waals surface area contributed by atoms with Crippen molar-refractivity contribution in [2.45, 2.75) is 345 Å². The maximum absolute atomic E-state index is 13.6. The van der Waals surface area contributed by atoms with E-state index in [9.17, 15) is 53.7 Å². The van der Waals surface area contributed by atoms with Gasteiger partial charge in [0, 0.05) is 37.4 Å². The summed E-state index contributed by atoms with van der Waals surface area (Å²) < 4.78 is 36.3. The summed E-state index contributed by atoms with van der Waals surface area (Å²) in [5.41, 5.74) is 4.83. The minimum absolute atomic E-state index is 0.0708.